The van der Waals surface area contributed by atoms with Gasteiger partial charge in [-0.25, -0.2) is 4.68 Å². The van der Waals surface area contributed by atoms with Gasteiger partial charge < -0.3 is 5.11 Å². The van der Waals surface area contributed by atoms with Crippen molar-refractivity contribution in [2.24, 2.45) is 0 Å². The van der Waals surface area contributed by atoms with E-state index >= 15 is 0 Å². The molecule has 1 aliphatic rings. The average molecular weight is 471 g/mol. The van der Waals surface area contributed by atoms with Crippen molar-refractivity contribution in [2.45, 2.75) is 33.2 Å². The van der Waals surface area contributed by atoms with Gasteiger partial charge in [-0.3, -0.25) is 14.5 Å². The van der Waals surface area contributed by atoms with Gasteiger partial charge in [0.05, 0.1) is 21.4 Å². The maximum absolute atomic E-state index is 13.5. The molecule has 3 aromatic rings. The maximum atomic E-state index is 13.5. The van der Waals surface area contributed by atoms with Crippen LogP contribution in [-0.4, -0.2) is 32.5 Å². The number of rotatable bonds is 5. The molecule has 0 saturated heterocycles. The van der Waals surface area contributed by atoms with Crippen LogP contribution < -0.4 is 9.67 Å². The summed E-state index contributed by atoms with van der Waals surface area (Å²) < 4.78 is 2.75. The molecule has 0 radical (unpaired) electrons. The summed E-state index contributed by atoms with van der Waals surface area (Å²) in [5.74, 6) is -1.48. The van der Waals surface area contributed by atoms with E-state index in [1.165, 1.54) is 15.6 Å². The van der Waals surface area contributed by atoms with Crippen molar-refractivity contribution in [3.8, 4) is 11.6 Å². The van der Waals surface area contributed by atoms with Gasteiger partial charge >= 0.3 is 5.91 Å². The molecule has 0 atom stereocenters. The molecule has 164 valence electrons. The van der Waals surface area contributed by atoms with Gasteiger partial charge in [0.15, 0.2) is 12.4 Å². The minimum Gasteiger partial charge on any atom is -0.858 e. The standard InChI is InChI=1S/C23H20Cl2N4O3/c1-4-17-18(22(31)29(26-17)14-8-9-15(24)16(25)12-14)19-20(27-10-6-5-7-11-27)23(32)28(13(2)3)21(19)30/h5-13H,4H2,1-3H3. The van der Waals surface area contributed by atoms with E-state index in [0.29, 0.717) is 22.8 Å². The van der Waals surface area contributed by atoms with Crippen LogP contribution in [0.5, 0.6) is 5.88 Å². The summed E-state index contributed by atoms with van der Waals surface area (Å²) in [6, 6.07) is 9.64. The molecule has 0 saturated carbocycles. The monoisotopic (exact) mass is 470 g/mol. The fourth-order valence-electron chi connectivity index (χ4n) is 3.75. The molecule has 2 aromatic heterocycles. The number of hydrogen-bond acceptors (Lipinski definition) is 4. The summed E-state index contributed by atoms with van der Waals surface area (Å²) in [6.45, 7) is 5.34. The number of nitrogens with zero attached hydrogens (tertiary/aromatic N) is 4. The lowest BCUT2D eigenvalue weighted by atomic mass is 10.0. The van der Waals surface area contributed by atoms with Gasteiger partial charge in [-0.15, -0.1) is 0 Å². The first-order valence-electron chi connectivity index (χ1n) is 10.1. The zero-order valence-electron chi connectivity index (χ0n) is 17.7. The van der Waals surface area contributed by atoms with Crippen molar-refractivity contribution < 1.29 is 19.3 Å². The zero-order chi connectivity index (χ0) is 23.2. The quantitative estimate of drug-likeness (QED) is 0.423. The lowest BCUT2D eigenvalue weighted by molar-refractivity contribution is -0.576. The van der Waals surface area contributed by atoms with E-state index in [-0.39, 0.29) is 27.9 Å². The summed E-state index contributed by atoms with van der Waals surface area (Å²) in [6.07, 6.45) is 3.73. The molecule has 3 heterocycles. The molecule has 1 aliphatic heterocycles. The second-order valence-corrected chi connectivity index (χ2v) is 8.39. The lowest BCUT2D eigenvalue weighted by Gasteiger charge is -2.18. The molecule has 2 amide bonds. The highest BCUT2D eigenvalue weighted by Crippen LogP contribution is 2.38. The molecule has 0 aliphatic carbocycles. The van der Waals surface area contributed by atoms with Crippen LogP contribution in [0, 0.1) is 0 Å². The topological polar surface area (TPSA) is 82.1 Å². The second-order valence-electron chi connectivity index (χ2n) is 7.57. The number of hydrogen-bond donors (Lipinski definition) is 0. The van der Waals surface area contributed by atoms with E-state index in [2.05, 4.69) is 5.10 Å². The van der Waals surface area contributed by atoms with Crippen LogP contribution in [0.25, 0.3) is 17.0 Å². The van der Waals surface area contributed by atoms with Crippen LogP contribution in [0.3, 0.4) is 0 Å². The van der Waals surface area contributed by atoms with Crippen LogP contribution >= 0.6 is 23.2 Å². The van der Waals surface area contributed by atoms with E-state index < -0.39 is 17.7 Å². The third kappa shape index (κ3) is 3.47. The van der Waals surface area contributed by atoms with Gasteiger partial charge in [-0.05, 0) is 44.3 Å². The Morgan fingerprint density at radius 1 is 1.06 bits per heavy atom. The first kappa shape index (κ1) is 22.0. The summed E-state index contributed by atoms with van der Waals surface area (Å²) in [7, 11) is 0. The summed E-state index contributed by atoms with van der Waals surface area (Å²) >= 11 is 12.1. The van der Waals surface area contributed by atoms with Gasteiger partial charge in [-0.2, -0.15) is 9.67 Å². The molecule has 0 fully saturated rings. The van der Waals surface area contributed by atoms with E-state index in [4.69, 9.17) is 23.2 Å². The van der Waals surface area contributed by atoms with E-state index in [0.717, 1.165) is 0 Å². The Morgan fingerprint density at radius 3 is 2.34 bits per heavy atom. The molecule has 0 N–H and O–H groups in total. The van der Waals surface area contributed by atoms with E-state index in [1.54, 1.807) is 61.1 Å². The number of imide groups is 1. The molecular weight excluding hydrogens is 451 g/mol. The highest BCUT2D eigenvalue weighted by Gasteiger charge is 2.47. The first-order valence-corrected chi connectivity index (χ1v) is 10.8. The molecule has 9 heteroatoms. The van der Waals surface area contributed by atoms with Gasteiger partial charge in [0, 0.05) is 23.7 Å². The number of pyridine rings is 1. The number of carbonyl (C=O) groups excluding carboxylic acids is 2. The predicted octanol–water partition coefficient (Wildman–Crippen LogP) is 3.25. The van der Waals surface area contributed by atoms with Crippen LogP contribution in [0.15, 0.2) is 48.8 Å². The molecule has 0 spiro atoms. The Balaban J connectivity index is 2.00. The predicted molar refractivity (Wildman–Crippen MR) is 119 cm³/mol. The average Bonchev–Trinajstić information content (AvgIpc) is 3.23. The SMILES string of the molecule is CCc1nn(-c2ccc(Cl)c(Cl)c2)c([O-])c1C1=C([n+]2ccccc2)C(=O)N(C(C)C)C1=O. The van der Waals surface area contributed by atoms with E-state index in [1.807, 2.05) is 6.92 Å². The number of halogens is 2. The van der Waals surface area contributed by atoms with Crippen molar-refractivity contribution in [1.82, 2.24) is 14.7 Å². The largest absolute Gasteiger partial charge is 0.858 e. The molecule has 0 unspecified atom stereocenters. The van der Waals surface area contributed by atoms with Crippen molar-refractivity contribution in [2.75, 3.05) is 0 Å². The van der Waals surface area contributed by atoms with Crippen molar-refractivity contribution >= 4 is 46.3 Å². The minimum atomic E-state index is -0.517. The van der Waals surface area contributed by atoms with Gasteiger partial charge in [0.1, 0.15) is 5.57 Å². The zero-order valence-corrected chi connectivity index (χ0v) is 19.2. The third-order valence-corrected chi connectivity index (χ3v) is 5.97. The smallest absolute Gasteiger partial charge is 0.327 e. The Bertz CT molecular complexity index is 1270. The molecule has 7 nitrogen and oxygen atoms in total. The Kier molecular flexibility index (Phi) is 5.79. The molecular formula is C23H20Cl2N4O3. The van der Waals surface area contributed by atoms with Crippen molar-refractivity contribution in [1.29, 1.82) is 0 Å². The van der Waals surface area contributed by atoms with Crippen molar-refractivity contribution in [3.63, 3.8) is 0 Å². The first-order chi connectivity index (χ1) is 15.3. The van der Waals surface area contributed by atoms with Crippen LogP contribution in [0.4, 0.5) is 0 Å². The summed E-state index contributed by atoms with van der Waals surface area (Å²) in [5, 5.41) is 18.6. The lowest BCUT2D eigenvalue weighted by Crippen LogP contribution is -2.42. The van der Waals surface area contributed by atoms with Gasteiger partial charge in [-0.1, -0.05) is 36.2 Å². The van der Waals surface area contributed by atoms with Gasteiger partial charge in [0.2, 0.25) is 0 Å². The Hall–Kier alpha value is -3.16. The highest BCUT2D eigenvalue weighted by molar-refractivity contribution is 6.45. The number of aromatic nitrogens is 3. The number of amides is 2. The molecule has 0 bridgehead atoms. The summed E-state index contributed by atoms with van der Waals surface area (Å²) in [5.41, 5.74) is 1.12. The maximum Gasteiger partial charge on any atom is 0.327 e. The van der Waals surface area contributed by atoms with Crippen LogP contribution in [0.1, 0.15) is 32.0 Å². The molecule has 1 aromatic carbocycles. The molecule has 32 heavy (non-hydrogen) atoms. The van der Waals surface area contributed by atoms with Crippen LogP contribution in [-0.2, 0) is 16.0 Å². The molecule has 4 rings (SSSR count). The van der Waals surface area contributed by atoms with Crippen molar-refractivity contribution in [3.05, 3.63) is 70.1 Å². The Labute approximate surface area is 195 Å². The van der Waals surface area contributed by atoms with Gasteiger partial charge in [0.25, 0.3) is 11.6 Å². The fourth-order valence-corrected chi connectivity index (χ4v) is 4.04. The number of benzene rings is 1. The normalized spacial score (nSPS) is 14.2. The second kappa shape index (κ2) is 8.41. The third-order valence-electron chi connectivity index (χ3n) is 5.23. The summed E-state index contributed by atoms with van der Waals surface area (Å²) in [4.78, 5) is 27.9. The number of carbonyl (C=O) groups is 2. The highest BCUT2D eigenvalue weighted by atomic mass is 35.5. The fraction of sp³-hybridized carbons (Fsp3) is 0.217. The number of aryl methyl sites for hydroxylation is 1. The van der Waals surface area contributed by atoms with Crippen LogP contribution in [0.2, 0.25) is 10.0 Å². The van der Waals surface area contributed by atoms with E-state index in [9.17, 15) is 14.7 Å². The minimum absolute atomic E-state index is 0.0491. The Morgan fingerprint density at radius 2 is 1.75 bits per heavy atom.